The van der Waals surface area contributed by atoms with Gasteiger partial charge >= 0.3 is 0 Å². The average molecular weight is 166 g/mol. The Labute approximate surface area is 70.3 Å². The Hall–Kier alpha value is -1.51. The zero-order chi connectivity index (χ0) is 9.30. The fourth-order valence-electron chi connectivity index (χ4n) is 1.03. The molecule has 0 fully saturated rings. The summed E-state index contributed by atoms with van der Waals surface area (Å²) in [5, 5.41) is 18.4. The van der Waals surface area contributed by atoms with E-state index >= 15 is 0 Å². The maximum absolute atomic E-state index is 10.5. The lowest BCUT2D eigenvalue weighted by Gasteiger charge is -2.07. The molecule has 0 unspecified atom stereocenters. The van der Waals surface area contributed by atoms with Crippen LogP contribution in [0.3, 0.4) is 0 Å². The third kappa shape index (κ3) is 1.13. The Balaban J connectivity index is 3.49. The van der Waals surface area contributed by atoms with Crippen molar-refractivity contribution in [3.05, 3.63) is 22.8 Å². The molecule has 0 heterocycles. The van der Waals surface area contributed by atoms with Crippen molar-refractivity contribution < 1.29 is 15.0 Å². The normalized spacial score (nSPS) is 9.83. The van der Waals surface area contributed by atoms with Crippen molar-refractivity contribution in [2.24, 2.45) is 0 Å². The van der Waals surface area contributed by atoms with E-state index in [1.54, 1.807) is 13.8 Å². The predicted octanol–water partition coefficient (Wildman–Crippen LogP) is 1.53. The molecule has 2 N–H and O–H groups in total. The molecule has 0 aliphatic carbocycles. The maximum atomic E-state index is 10.5. The summed E-state index contributed by atoms with van der Waals surface area (Å²) in [6.07, 6.45) is 0.654. The summed E-state index contributed by atoms with van der Waals surface area (Å²) in [6.45, 7) is 3.37. The SMILES string of the molecule is Cc1c(C=O)cc(O)c(O)c1C. The van der Waals surface area contributed by atoms with Crippen LogP contribution in [0, 0.1) is 13.8 Å². The van der Waals surface area contributed by atoms with Crippen LogP contribution in [0.15, 0.2) is 6.07 Å². The smallest absolute Gasteiger partial charge is 0.160 e. The molecule has 1 rings (SSSR count). The van der Waals surface area contributed by atoms with Gasteiger partial charge in [-0.25, -0.2) is 0 Å². The quantitative estimate of drug-likeness (QED) is 0.491. The molecule has 1 aromatic rings. The number of hydrogen-bond donors (Lipinski definition) is 2. The van der Waals surface area contributed by atoms with Crippen LogP contribution in [0.25, 0.3) is 0 Å². The highest BCUT2D eigenvalue weighted by Gasteiger charge is 2.09. The van der Waals surface area contributed by atoms with E-state index in [1.165, 1.54) is 6.07 Å². The first-order chi connectivity index (χ1) is 5.57. The third-order valence-corrected chi connectivity index (χ3v) is 2.01. The zero-order valence-electron chi connectivity index (χ0n) is 6.96. The van der Waals surface area contributed by atoms with Gasteiger partial charge in [-0.15, -0.1) is 0 Å². The van der Waals surface area contributed by atoms with E-state index in [4.69, 9.17) is 5.11 Å². The molecule has 0 saturated carbocycles. The summed E-state index contributed by atoms with van der Waals surface area (Å²) in [5.74, 6) is -0.404. The van der Waals surface area contributed by atoms with Crippen LogP contribution in [0.1, 0.15) is 21.5 Å². The maximum Gasteiger partial charge on any atom is 0.160 e. The van der Waals surface area contributed by atoms with Gasteiger partial charge < -0.3 is 10.2 Å². The molecule has 1 aromatic carbocycles. The summed E-state index contributed by atoms with van der Waals surface area (Å²) in [5.41, 5.74) is 1.64. The summed E-state index contributed by atoms with van der Waals surface area (Å²) >= 11 is 0. The number of benzene rings is 1. The zero-order valence-corrected chi connectivity index (χ0v) is 6.96. The lowest BCUT2D eigenvalue weighted by molar-refractivity contribution is 0.112. The van der Waals surface area contributed by atoms with Gasteiger partial charge in [0.05, 0.1) is 0 Å². The number of hydrogen-bond acceptors (Lipinski definition) is 3. The lowest BCUT2D eigenvalue weighted by Crippen LogP contribution is -1.90. The molecule has 0 atom stereocenters. The Morgan fingerprint density at radius 3 is 2.33 bits per heavy atom. The average Bonchev–Trinajstić information content (AvgIpc) is 2.08. The summed E-state index contributed by atoms with van der Waals surface area (Å²) in [6, 6.07) is 1.25. The molecule has 3 heteroatoms. The monoisotopic (exact) mass is 166 g/mol. The van der Waals surface area contributed by atoms with Crippen LogP contribution in [-0.2, 0) is 0 Å². The second-order valence-electron chi connectivity index (χ2n) is 2.70. The van der Waals surface area contributed by atoms with Crippen LogP contribution in [0.4, 0.5) is 0 Å². The Morgan fingerprint density at radius 1 is 1.25 bits per heavy atom. The number of phenolic OH excluding ortho intramolecular Hbond substituents is 2. The van der Waals surface area contributed by atoms with Gasteiger partial charge in [-0.05, 0) is 31.0 Å². The van der Waals surface area contributed by atoms with Crippen molar-refractivity contribution in [2.75, 3.05) is 0 Å². The lowest BCUT2D eigenvalue weighted by atomic mass is 10.0. The first-order valence-electron chi connectivity index (χ1n) is 3.55. The van der Waals surface area contributed by atoms with Crippen LogP contribution < -0.4 is 0 Å². The molecule has 0 aliphatic heterocycles. The van der Waals surface area contributed by atoms with Gasteiger partial charge in [0.25, 0.3) is 0 Å². The minimum absolute atomic E-state index is 0.155. The van der Waals surface area contributed by atoms with E-state index < -0.39 is 0 Å². The fourth-order valence-corrected chi connectivity index (χ4v) is 1.03. The van der Waals surface area contributed by atoms with E-state index in [2.05, 4.69) is 0 Å². The van der Waals surface area contributed by atoms with Crippen molar-refractivity contribution in [1.82, 2.24) is 0 Å². The first kappa shape index (κ1) is 8.59. The standard InChI is InChI=1S/C9H10O3/c1-5-6(2)9(12)8(11)3-7(5)4-10/h3-4,11-12H,1-2H3. The second kappa shape index (κ2) is 2.85. The molecule has 0 aromatic heterocycles. The van der Waals surface area contributed by atoms with E-state index in [9.17, 15) is 9.90 Å². The molecule has 0 bridgehead atoms. The Morgan fingerprint density at radius 2 is 1.83 bits per heavy atom. The highest BCUT2D eigenvalue weighted by atomic mass is 16.3. The number of phenols is 2. The topological polar surface area (TPSA) is 57.5 Å². The van der Waals surface area contributed by atoms with Gasteiger partial charge in [-0.1, -0.05) is 0 Å². The molecular weight excluding hydrogens is 156 g/mol. The molecule has 0 saturated heterocycles. The van der Waals surface area contributed by atoms with Gasteiger partial charge in [-0.2, -0.15) is 0 Å². The highest BCUT2D eigenvalue weighted by molar-refractivity contribution is 5.80. The molecule has 0 radical (unpaired) electrons. The first-order valence-corrected chi connectivity index (χ1v) is 3.55. The van der Waals surface area contributed by atoms with Crippen molar-refractivity contribution in [1.29, 1.82) is 0 Å². The number of rotatable bonds is 1. The van der Waals surface area contributed by atoms with Crippen molar-refractivity contribution in [2.45, 2.75) is 13.8 Å². The summed E-state index contributed by atoms with van der Waals surface area (Å²) in [4.78, 5) is 10.5. The molecule has 0 amide bonds. The van der Waals surface area contributed by atoms with Crippen LogP contribution in [0.2, 0.25) is 0 Å². The molecule has 0 aliphatic rings. The van der Waals surface area contributed by atoms with Gasteiger partial charge in [0.15, 0.2) is 11.5 Å². The largest absolute Gasteiger partial charge is 0.504 e. The van der Waals surface area contributed by atoms with Gasteiger partial charge in [0.1, 0.15) is 6.29 Å². The van der Waals surface area contributed by atoms with Crippen molar-refractivity contribution in [3.63, 3.8) is 0 Å². The Bertz CT molecular complexity index is 329. The third-order valence-electron chi connectivity index (χ3n) is 2.01. The fraction of sp³-hybridized carbons (Fsp3) is 0.222. The molecule has 0 spiro atoms. The van der Waals surface area contributed by atoms with Crippen LogP contribution >= 0.6 is 0 Å². The number of carbonyl (C=O) groups is 1. The molecular formula is C9H10O3. The molecule has 3 nitrogen and oxygen atoms in total. The van der Waals surface area contributed by atoms with Gasteiger partial charge in [0.2, 0.25) is 0 Å². The van der Waals surface area contributed by atoms with Gasteiger partial charge in [-0.3, -0.25) is 4.79 Å². The van der Waals surface area contributed by atoms with Crippen LogP contribution in [0.5, 0.6) is 11.5 Å². The van der Waals surface area contributed by atoms with Crippen LogP contribution in [-0.4, -0.2) is 16.5 Å². The molecule has 64 valence electrons. The summed E-state index contributed by atoms with van der Waals surface area (Å²) in [7, 11) is 0. The summed E-state index contributed by atoms with van der Waals surface area (Å²) < 4.78 is 0. The van der Waals surface area contributed by atoms with Gasteiger partial charge in [0, 0.05) is 5.56 Å². The van der Waals surface area contributed by atoms with E-state index in [1.807, 2.05) is 0 Å². The minimum atomic E-state index is -0.250. The van der Waals surface area contributed by atoms with Crippen molar-refractivity contribution in [3.8, 4) is 11.5 Å². The number of aldehydes is 1. The number of aromatic hydroxyl groups is 2. The Kier molecular flexibility index (Phi) is 2.04. The van der Waals surface area contributed by atoms with E-state index in [0.29, 0.717) is 23.0 Å². The second-order valence-corrected chi connectivity index (χ2v) is 2.70. The van der Waals surface area contributed by atoms with E-state index in [-0.39, 0.29) is 11.5 Å². The minimum Gasteiger partial charge on any atom is -0.504 e. The molecule has 12 heavy (non-hydrogen) atoms. The number of carbonyl (C=O) groups excluding carboxylic acids is 1. The van der Waals surface area contributed by atoms with E-state index in [0.717, 1.165) is 0 Å². The predicted molar refractivity (Wildman–Crippen MR) is 44.6 cm³/mol. The highest BCUT2D eigenvalue weighted by Crippen LogP contribution is 2.32. The van der Waals surface area contributed by atoms with Crippen molar-refractivity contribution >= 4 is 6.29 Å².